The van der Waals surface area contributed by atoms with E-state index in [-0.39, 0.29) is 12.6 Å². The van der Waals surface area contributed by atoms with E-state index in [2.05, 4.69) is 15.0 Å². The number of aliphatic hydroxyl groups excluding tert-OH is 1. The van der Waals surface area contributed by atoms with E-state index in [1.165, 1.54) is 24.9 Å². The molecule has 0 saturated carbocycles. The van der Waals surface area contributed by atoms with Crippen LogP contribution >= 0.6 is 0 Å². The van der Waals surface area contributed by atoms with E-state index in [0.717, 1.165) is 0 Å². The number of anilines is 1. The molecule has 9 heteroatoms. The van der Waals surface area contributed by atoms with Crippen LogP contribution in [0.1, 0.15) is 18.8 Å². The predicted octanol–water partition coefficient (Wildman–Crippen LogP) is 0.350. The fraction of sp³-hybridized carbons (Fsp3) is 0.615. The summed E-state index contributed by atoms with van der Waals surface area (Å²) in [6.07, 6.45) is -1.28. The Morgan fingerprint density at radius 3 is 2.86 bits per heavy atom. The predicted molar refractivity (Wildman–Crippen MR) is 75.8 cm³/mol. The lowest BCUT2D eigenvalue weighted by molar-refractivity contribution is -0.0569. The van der Waals surface area contributed by atoms with Crippen molar-refractivity contribution in [3.63, 3.8) is 0 Å². The number of fused-ring (bicyclic) bond motifs is 1. The van der Waals surface area contributed by atoms with Gasteiger partial charge in [0.05, 0.1) is 18.6 Å². The summed E-state index contributed by atoms with van der Waals surface area (Å²) in [4.78, 5) is 12.4. The van der Waals surface area contributed by atoms with Crippen LogP contribution in [-0.2, 0) is 9.47 Å². The summed E-state index contributed by atoms with van der Waals surface area (Å²) in [6, 6.07) is 0. The first-order chi connectivity index (χ1) is 10.4. The lowest BCUT2D eigenvalue weighted by Crippen LogP contribution is -2.42. The quantitative estimate of drug-likeness (QED) is 0.842. The number of hydrogen-bond donors (Lipinski definition) is 2. The second-order valence-electron chi connectivity index (χ2n) is 5.51. The van der Waals surface area contributed by atoms with Crippen molar-refractivity contribution in [3.8, 4) is 0 Å². The third kappa shape index (κ3) is 2.04. The topological polar surface area (TPSA) is 108 Å². The van der Waals surface area contributed by atoms with Crippen LogP contribution < -0.4 is 5.73 Å². The van der Waals surface area contributed by atoms with Crippen molar-refractivity contribution in [2.45, 2.75) is 38.0 Å². The third-order valence-corrected chi connectivity index (χ3v) is 3.98. The molecular formula is C13H18FN5O3. The summed E-state index contributed by atoms with van der Waals surface area (Å²) in [5, 5.41) is 9.37. The van der Waals surface area contributed by atoms with E-state index >= 15 is 4.39 Å². The first-order valence-electron chi connectivity index (χ1n) is 6.84. The molecule has 0 amide bonds. The van der Waals surface area contributed by atoms with Crippen LogP contribution in [0.4, 0.5) is 10.3 Å². The van der Waals surface area contributed by atoms with Gasteiger partial charge in [0.2, 0.25) is 5.95 Å². The largest absolute Gasteiger partial charge is 0.394 e. The number of nitrogens with zero attached hydrogens (tertiary/aromatic N) is 4. The molecule has 4 unspecified atom stereocenters. The molecule has 1 saturated heterocycles. The molecule has 3 rings (SSSR count). The molecule has 0 aromatic carbocycles. The lowest BCUT2D eigenvalue weighted by Gasteiger charge is -2.26. The molecule has 0 radical (unpaired) electrons. The molecule has 0 aliphatic carbocycles. The number of aryl methyl sites for hydroxylation is 1. The van der Waals surface area contributed by atoms with Crippen molar-refractivity contribution < 1.29 is 19.0 Å². The van der Waals surface area contributed by atoms with Crippen LogP contribution in [0.2, 0.25) is 0 Å². The van der Waals surface area contributed by atoms with Gasteiger partial charge in [-0.1, -0.05) is 0 Å². The highest BCUT2D eigenvalue weighted by molar-refractivity contribution is 5.74. The Morgan fingerprint density at radius 2 is 2.27 bits per heavy atom. The summed E-state index contributed by atoms with van der Waals surface area (Å²) < 4.78 is 27.4. The summed E-state index contributed by atoms with van der Waals surface area (Å²) in [5.41, 5.74) is 5.30. The number of alkyl halides is 1. The Balaban J connectivity index is 2.11. The highest BCUT2D eigenvalue weighted by Gasteiger charge is 2.56. The van der Waals surface area contributed by atoms with E-state index in [9.17, 15) is 5.11 Å². The van der Waals surface area contributed by atoms with Gasteiger partial charge in [-0.3, -0.25) is 4.57 Å². The lowest BCUT2D eigenvalue weighted by atomic mass is 9.98. The van der Waals surface area contributed by atoms with Crippen LogP contribution in [0, 0.1) is 6.92 Å². The van der Waals surface area contributed by atoms with Crippen LogP contribution in [0.5, 0.6) is 0 Å². The fourth-order valence-electron chi connectivity index (χ4n) is 2.98. The van der Waals surface area contributed by atoms with Gasteiger partial charge in [0.25, 0.3) is 0 Å². The Kier molecular flexibility index (Phi) is 3.50. The number of imidazole rings is 1. The third-order valence-electron chi connectivity index (χ3n) is 3.98. The molecule has 0 bridgehead atoms. The maximum absolute atomic E-state index is 15.2. The average molecular weight is 311 g/mol. The zero-order chi connectivity index (χ0) is 16.1. The minimum atomic E-state index is -1.87. The van der Waals surface area contributed by atoms with Gasteiger partial charge in [-0.25, -0.2) is 14.4 Å². The Morgan fingerprint density at radius 1 is 1.55 bits per heavy atom. The number of rotatable bonds is 3. The zero-order valence-corrected chi connectivity index (χ0v) is 12.5. The highest BCUT2D eigenvalue weighted by Crippen LogP contribution is 2.43. The molecule has 1 aliphatic rings. The molecule has 22 heavy (non-hydrogen) atoms. The number of aliphatic hydroxyl groups is 1. The first kappa shape index (κ1) is 15.1. The Labute approximate surface area is 126 Å². The summed E-state index contributed by atoms with van der Waals surface area (Å²) in [7, 11) is 1.38. The van der Waals surface area contributed by atoms with Gasteiger partial charge in [0.1, 0.15) is 17.7 Å². The van der Waals surface area contributed by atoms with E-state index in [0.29, 0.717) is 16.9 Å². The number of halogens is 1. The van der Waals surface area contributed by atoms with Gasteiger partial charge in [-0.15, -0.1) is 0 Å². The van der Waals surface area contributed by atoms with Gasteiger partial charge in [0.15, 0.2) is 17.5 Å². The highest BCUT2D eigenvalue weighted by atomic mass is 19.1. The number of nitrogen functional groups attached to an aromatic ring is 1. The molecule has 0 spiro atoms. The number of methoxy groups -OCH3 is 1. The first-order valence-corrected chi connectivity index (χ1v) is 6.84. The van der Waals surface area contributed by atoms with Gasteiger partial charge >= 0.3 is 0 Å². The van der Waals surface area contributed by atoms with Crippen LogP contribution in [0.25, 0.3) is 11.2 Å². The smallest absolute Gasteiger partial charge is 0.222 e. The second kappa shape index (κ2) is 5.11. The van der Waals surface area contributed by atoms with Crippen molar-refractivity contribution in [1.29, 1.82) is 0 Å². The molecule has 1 fully saturated rings. The number of ether oxygens (including phenoxy) is 2. The molecule has 4 atom stereocenters. The fourth-order valence-corrected chi connectivity index (χ4v) is 2.98. The van der Waals surface area contributed by atoms with Crippen molar-refractivity contribution in [1.82, 2.24) is 19.5 Å². The molecule has 1 aliphatic heterocycles. The second-order valence-corrected chi connectivity index (χ2v) is 5.51. The number of hydrogen-bond acceptors (Lipinski definition) is 7. The normalized spacial score (nSPS) is 32.0. The van der Waals surface area contributed by atoms with Crippen molar-refractivity contribution >= 4 is 17.1 Å². The maximum Gasteiger partial charge on any atom is 0.222 e. The standard InChI is InChI=1S/C13H18FN5O3/c1-6-8-10(18-12(15)17-6)19(5-16-8)11-13(2,14)9(21-3)7(4-20)22-11/h5,7,9,11,20H,4H2,1-3H3,(H2,15,17,18). The minimum Gasteiger partial charge on any atom is -0.394 e. The molecule has 8 nitrogen and oxygen atoms in total. The molecular weight excluding hydrogens is 293 g/mol. The SMILES string of the molecule is COC1C(CO)OC(n2cnc3c(C)nc(N)nc32)C1(C)F. The van der Waals surface area contributed by atoms with Gasteiger partial charge in [0, 0.05) is 7.11 Å². The van der Waals surface area contributed by atoms with Crippen molar-refractivity contribution in [3.05, 3.63) is 12.0 Å². The summed E-state index contributed by atoms with van der Waals surface area (Å²) >= 11 is 0. The minimum absolute atomic E-state index is 0.0762. The molecule has 2 aromatic rings. The zero-order valence-electron chi connectivity index (χ0n) is 12.5. The monoisotopic (exact) mass is 311 g/mol. The van der Waals surface area contributed by atoms with Crippen molar-refractivity contribution in [2.75, 3.05) is 19.5 Å². The molecule has 120 valence electrons. The Hall–Kier alpha value is -1.84. The van der Waals surface area contributed by atoms with Gasteiger partial charge < -0.3 is 20.3 Å². The van der Waals surface area contributed by atoms with Crippen LogP contribution in [-0.4, -0.2) is 56.2 Å². The van der Waals surface area contributed by atoms with E-state index in [1.807, 2.05) is 0 Å². The van der Waals surface area contributed by atoms with Crippen LogP contribution in [0.3, 0.4) is 0 Å². The maximum atomic E-state index is 15.2. The molecule has 3 N–H and O–H groups in total. The summed E-state index contributed by atoms with van der Waals surface area (Å²) in [6.45, 7) is 2.76. The Bertz CT molecular complexity index is 704. The van der Waals surface area contributed by atoms with Gasteiger partial charge in [-0.2, -0.15) is 4.98 Å². The van der Waals surface area contributed by atoms with E-state index < -0.39 is 24.1 Å². The number of nitrogens with two attached hydrogens (primary N) is 1. The average Bonchev–Trinajstić information content (AvgIpc) is 2.96. The molecule has 2 aromatic heterocycles. The van der Waals surface area contributed by atoms with Crippen LogP contribution in [0.15, 0.2) is 6.33 Å². The van der Waals surface area contributed by atoms with E-state index in [1.54, 1.807) is 6.92 Å². The van der Waals surface area contributed by atoms with Gasteiger partial charge in [-0.05, 0) is 13.8 Å². The van der Waals surface area contributed by atoms with Crippen molar-refractivity contribution in [2.24, 2.45) is 0 Å². The summed E-state index contributed by atoms with van der Waals surface area (Å²) in [5.74, 6) is 0.0762. The number of aromatic nitrogens is 4. The van der Waals surface area contributed by atoms with E-state index in [4.69, 9.17) is 15.2 Å². The molecule has 3 heterocycles.